The fourth-order valence-corrected chi connectivity index (χ4v) is 2.09. The van der Waals surface area contributed by atoms with Gasteiger partial charge in [0.2, 0.25) is 0 Å². The number of nitrogens with one attached hydrogen (secondary N) is 1. The Kier molecular flexibility index (Phi) is 3.02. The van der Waals surface area contributed by atoms with Crippen molar-refractivity contribution in [2.75, 3.05) is 13.1 Å². The van der Waals surface area contributed by atoms with E-state index < -0.39 is 0 Å². The molecular weight excluding hydrogens is 235 g/mol. The molecule has 2 aromatic heterocycles. The first-order chi connectivity index (χ1) is 8.83. The van der Waals surface area contributed by atoms with Crippen LogP contribution in [0.3, 0.4) is 0 Å². The van der Waals surface area contributed by atoms with Crippen molar-refractivity contribution in [3.8, 4) is 11.6 Å². The Morgan fingerprint density at radius 2 is 2.11 bits per heavy atom. The van der Waals surface area contributed by atoms with Gasteiger partial charge in [0, 0.05) is 5.92 Å². The van der Waals surface area contributed by atoms with E-state index in [-0.39, 0.29) is 5.82 Å². The van der Waals surface area contributed by atoms with Crippen LogP contribution >= 0.6 is 0 Å². The molecule has 0 aliphatic carbocycles. The first kappa shape index (κ1) is 11.3. The molecule has 2 aromatic rings. The van der Waals surface area contributed by atoms with Crippen molar-refractivity contribution in [3.63, 3.8) is 0 Å². The summed E-state index contributed by atoms with van der Waals surface area (Å²) in [6, 6.07) is 2.87. The van der Waals surface area contributed by atoms with Crippen molar-refractivity contribution < 1.29 is 8.91 Å². The van der Waals surface area contributed by atoms with E-state index in [4.69, 9.17) is 4.52 Å². The molecule has 1 fully saturated rings. The summed E-state index contributed by atoms with van der Waals surface area (Å²) >= 11 is 0. The molecular formula is C12H13FN4O. The highest BCUT2D eigenvalue weighted by molar-refractivity contribution is 5.45. The SMILES string of the molecule is Fc1ccc(-c2nc(C3CCNCC3)no2)nc1. The zero-order valence-electron chi connectivity index (χ0n) is 9.77. The molecule has 1 aliphatic rings. The first-order valence-corrected chi connectivity index (χ1v) is 5.99. The van der Waals surface area contributed by atoms with Gasteiger partial charge in [-0.05, 0) is 38.1 Å². The Labute approximate surface area is 103 Å². The normalized spacial score (nSPS) is 16.9. The topological polar surface area (TPSA) is 63.8 Å². The van der Waals surface area contributed by atoms with Crippen LogP contribution in [0.4, 0.5) is 4.39 Å². The third kappa shape index (κ3) is 2.24. The molecule has 0 amide bonds. The van der Waals surface area contributed by atoms with E-state index in [1.807, 2.05) is 0 Å². The molecule has 0 atom stereocenters. The van der Waals surface area contributed by atoms with E-state index in [1.165, 1.54) is 12.1 Å². The molecule has 0 saturated carbocycles. The Morgan fingerprint density at radius 1 is 1.28 bits per heavy atom. The Balaban J connectivity index is 1.82. The maximum Gasteiger partial charge on any atom is 0.276 e. The summed E-state index contributed by atoms with van der Waals surface area (Å²) in [6.45, 7) is 1.95. The van der Waals surface area contributed by atoms with Crippen molar-refractivity contribution >= 4 is 0 Å². The summed E-state index contributed by atoms with van der Waals surface area (Å²) in [5.41, 5.74) is 0.504. The molecule has 18 heavy (non-hydrogen) atoms. The van der Waals surface area contributed by atoms with Crippen molar-refractivity contribution in [2.45, 2.75) is 18.8 Å². The zero-order chi connectivity index (χ0) is 12.4. The predicted molar refractivity (Wildman–Crippen MR) is 62.3 cm³/mol. The van der Waals surface area contributed by atoms with E-state index in [0.29, 0.717) is 17.5 Å². The van der Waals surface area contributed by atoms with E-state index in [2.05, 4.69) is 20.4 Å². The van der Waals surface area contributed by atoms with E-state index in [1.54, 1.807) is 0 Å². The minimum absolute atomic E-state index is 0.337. The minimum Gasteiger partial charge on any atom is -0.332 e. The molecule has 3 rings (SSSR count). The Hall–Kier alpha value is -1.82. The Morgan fingerprint density at radius 3 is 2.83 bits per heavy atom. The van der Waals surface area contributed by atoms with Gasteiger partial charge in [-0.25, -0.2) is 9.37 Å². The number of nitrogens with zero attached hydrogens (tertiary/aromatic N) is 3. The monoisotopic (exact) mass is 248 g/mol. The van der Waals surface area contributed by atoms with Crippen LogP contribution in [0, 0.1) is 5.82 Å². The van der Waals surface area contributed by atoms with Crippen LogP contribution in [0.5, 0.6) is 0 Å². The fourth-order valence-electron chi connectivity index (χ4n) is 2.09. The number of aromatic nitrogens is 3. The zero-order valence-corrected chi connectivity index (χ0v) is 9.77. The lowest BCUT2D eigenvalue weighted by Crippen LogP contribution is -2.27. The summed E-state index contributed by atoms with van der Waals surface area (Å²) in [5.74, 6) is 1.03. The highest BCUT2D eigenvalue weighted by Crippen LogP contribution is 2.24. The number of rotatable bonds is 2. The van der Waals surface area contributed by atoms with Crippen molar-refractivity contribution in [1.29, 1.82) is 0 Å². The molecule has 0 radical (unpaired) electrons. The highest BCUT2D eigenvalue weighted by Gasteiger charge is 2.21. The lowest BCUT2D eigenvalue weighted by atomic mass is 9.98. The van der Waals surface area contributed by atoms with Gasteiger partial charge in [0.15, 0.2) is 5.82 Å². The molecule has 1 saturated heterocycles. The second-order valence-electron chi connectivity index (χ2n) is 4.34. The molecule has 3 heterocycles. The molecule has 0 bridgehead atoms. The summed E-state index contributed by atoms with van der Waals surface area (Å²) in [4.78, 5) is 8.27. The third-order valence-corrected chi connectivity index (χ3v) is 3.09. The van der Waals surface area contributed by atoms with Crippen LogP contribution < -0.4 is 5.32 Å². The molecule has 5 nitrogen and oxygen atoms in total. The van der Waals surface area contributed by atoms with Gasteiger partial charge < -0.3 is 9.84 Å². The van der Waals surface area contributed by atoms with Gasteiger partial charge in [-0.15, -0.1) is 0 Å². The van der Waals surface area contributed by atoms with E-state index in [0.717, 1.165) is 38.0 Å². The van der Waals surface area contributed by atoms with Gasteiger partial charge >= 0.3 is 0 Å². The first-order valence-electron chi connectivity index (χ1n) is 5.99. The fraction of sp³-hybridized carbons (Fsp3) is 0.417. The van der Waals surface area contributed by atoms with Crippen molar-refractivity contribution in [1.82, 2.24) is 20.4 Å². The van der Waals surface area contributed by atoms with Crippen LogP contribution in [0.1, 0.15) is 24.6 Å². The van der Waals surface area contributed by atoms with Crippen LogP contribution in [0.25, 0.3) is 11.6 Å². The summed E-state index contributed by atoms with van der Waals surface area (Å²) in [5, 5.41) is 7.28. The molecule has 0 spiro atoms. The molecule has 1 aliphatic heterocycles. The van der Waals surface area contributed by atoms with Gasteiger partial charge in [-0.1, -0.05) is 5.16 Å². The summed E-state index contributed by atoms with van der Waals surface area (Å²) in [6.07, 6.45) is 3.16. The summed E-state index contributed by atoms with van der Waals surface area (Å²) in [7, 11) is 0. The standard InChI is InChI=1S/C12H13FN4O/c13-9-1-2-10(15-7-9)12-16-11(17-18-12)8-3-5-14-6-4-8/h1-2,7-8,14H,3-6H2. The van der Waals surface area contributed by atoms with Crippen molar-refractivity contribution in [3.05, 3.63) is 30.0 Å². The molecule has 0 aromatic carbocycles. The second kappa shape index (κ2) is 4.81. The lowest BCUT2D eigenvalue weighted by Gasteiger charge is -2.18. The average Bonchev–Trinajstić information content (AvgIpc) is 2.90. The predicted octanol–water partition coefficient (Wildman–Crippen LogP) is 1.74. The number of halogens is 1. The number of piperidine rings is 1. The minimum atomic E-state index is -0.378. The molecule has 0 unspecified atom stereocenters. The van der Waals surface area contributed by atoms with Crippen LogP contribution in [-0.4, -0.2) is 28.2 Å². The summed E-state index contributed by atoms with van der Waals surface area (Å²) < 4.78 is 17.9. The number of pyridine rings is 1. The Bertz CT molecular complexity index is 519. The van der Waals surface area contributed by atoms with Crippen molar-refractivity contribution in [2.24, 2.45) is 0 Å². The van der Waals surface area contributed by atoms with E-state index in [9.17, 15) is 4.39 Å². The lowest BCUT2D eigenvalue weighted by molar-refractivity contribution is 0.391. The van der Waals surface area contributed by atoms with Crippen LogP contribution in [0.15, 0.2) is 22.9 Å². The quantitative estimate of drug-likeness (QED) is 0.877. The molecule has 94 valence electrons. The third-order valence-electron chi connectivity index (χ3n) is 3.09. The average molecular weight is 248 g/mol. The maximum absolute atomic E-state index is 12.8. The largest absolute Gasteiger partial charge is 0.332 e. The number of hydrogen-bond acceptors (Lipinski definition) is 5. The van der Waals surface area contributed by atoms with Gasteiger partial charge in [0.1, 0.15) is 11.5 Å². The van der Waals surface area contributed by atoms with Gasteiger partial charge in [0.25, 0.3) is 5.89 Å². The molecule has 1 N–H and O–H groups in total. The van der Waals surface area contributed by atoms with Gasteiger partial charge in [0.05, 0.1) is 6.20 Å². The molecule has 6 heteroatoms. The maximum atomic E-state index is 12.8. The van der Waals surface area contributed by atoms with E-state index >= 15 is 0 Å². The second-order valence-corrected chi connectivity index (χ2v) is 4.34. The van der Waals surface area contributed by atoms with Crippen LogP contribution in [-0.2, 0) is 0 Å². The van der Waals surface area contributed by atoms with Crippen LogP contribution in [0.2, 0.25) is 0 Å². The smallest absolute Gasteiger partial charge is 0.276 e. The van der Waals surface area contributed by atoms with Gasteiger partial charge in [-0.2, -0.15) is 4.98 Å². The van der Waals surface area contributed by atoms with Gasteiger partial charge in [-0.3, -0.25) is 0 Å². The highest BCUT2D eigenvalue weighted by atomic mass is 19.1. The number of hydrogen-bond donors (Lipinski definition) is 1.